The summed E-state index contributed by atoms with van der Waals surface area (Å²) in [5.74, 6) is 0.0543. The average Bonchev–Trinajstić information content (AvgIpc) is 3.46. The van der Waals surface area contributed by atoms with E-state index in [0.29, 0.717) is 0 Å². The first kappa shape index (κ1) is 62.6. The molecule has 1 aliphatic carbocycles. The molecule has 0 saturated heterocycles. The molecule has 0 N–H and O–H groups in total. The number of aryl methyl sites for hydroxylation is 9. The fraction of sp³-hybridized carbons (Fsp3) is 0.128. The largest absolute Gasteiger partial charge is 0.207 e. The summed E-state index contributed by atoms with van der Waals surface area (Å²) in [6.45, 7) is 40.6. The highest BCUT2D eigenvalue weighted by Crippen LogP contribution is 2.32. The van der Waals surface area contributed by atoms with Gasteiger partial charge in [-0.2, -0.15) is 0 Å². The lowest BCUT2D eigenvalue weighted by atomic mass is 9.85. The molecule has 1 heteroatoms. The van der Waals surface area contributed by atoms with Crippen LogP contribution >= 0.6 is 0 Å². The van der Waals surface area contributed by atoms with Crippen molar-refractivity contribution < 1.29 is 4.39 Å². The molecule has 0 fully saturated rings. The molecule has 0 heterocycles. The van der Waals surface area contributed by atoms with Crippen LogP contribution in [0.15, 0.2) is 252 Å². The monoisotopic (exact) mass is 1040 g/mol. The molecule has 0 bridgehead atoms. The van der Waals surface area contributed by atoms with Crippen LogP contribution in [0.3, 0.4) is 0 Å². The van der Waals surface area contributed by atoms with Crippen LogP contribution < -0.4 is 0 Å². The van der Waals surface area contributed by atoms with Gasteiger partial charge in [-0.1, -0.05) is 299 Å². The minimum Gasteiger partial charge on any atom is -0.207 e. The number of fused-ring (bicyclic) bond motifs is 1. The Morgan fingerprint density at radius 1 is 0.316 bits per heavy atom. The zero-order valence-corrected chi connectivity index (χ0v) is 48.0. The van der Waals surface area contributed by atoms with Crippen LogP contribution in [0, 0.1) is 54.3 Å². The Morgan fingerprint density at radius 2 is 0.772 bits per heavy atom. The summed E-state index contributed by atoms with van der Waals surface area (Å²) in [6.07, 6.45) is 15.5. The van der Waals surface area contributed by atoms with Gasteiger partial charge < -0.3 is 0 Å². The molecule has 0 aliphatic heterocycles. The number of hydrogen-bond acceptors (Lipinski definition) is 0. The van der Waals surface area contributed by atoms with Crippen LogP contribution in [-0.4, -0.2) is 0 Å². The van der Waals surface area contributed by atoms with Crippen molar-refractivity contribution >= 4 is 42.5 Å². The van der Waals surface area contributed by atoms with Gasteiger partial charge >= 0.3 is 0 Å². The first-order chi connectivity index (χ1) is 38.2. The van der Waals surface area contributed by atoms with Gasteiger partial charge in [-0.3, -0.25) is 0 Å². The predicted molar refractivity (Wildman–Crippen MR) is 350 cm³/mol. The molecule has 0 nitrogen and oxygen atoms in total. The molecule has 10 rings (SSSR count). The second-order valence-corrected chi connectivity index (χ2v) is 19.4. The Hall–Kier alpha value is -8.91. The molecular formula is C78H81F. The molecule has 0 saturated carbocycles. The van der Waals surface area contributed by atoms with Crippen LogP contribution in [0.1, 0.15) is 112 Å². The van der Waals surface area contributed by atoms with E-state index in [2.05, 4.69) is 252 Å². The van der Waals surface area contributed by atoms with Crippen LogP contribution in [0.5, 0.6) is 0 Å². The van der Waals surface area contributed by atoms with Crippen LogP contribution in [-0.2, 0) is 12.8 Å². The fourth-order valence-electron chi connectivity index (χ4n) is 8.85. The third kappa shape index (κ3) is 21.2. The van der Waals surface area contributed by atoms with Crippen molar-refractivity contribution in [2.75, 3.05) is 0 Å². The number of rotatable bonds is 10. The minimum atomic E-state index is -0.215. The number of benzene rings is 9. The van der Waals surface area contributed by atoms with Gasteiger partial charge in [0.1, 0.15) is 5.82 Å². The highest BCUT2D eigenvalue weighted by atomic mass is 19.1. The van der Waals surface area contributed by atoms with E-state index in [4.69, 9.17) is 0 Å². The lowest BCUT2D eigenvalue weighted by Gasteiger charge is -2.19. The van der Waals surface area contributed by atoms with Crippen LogP contribution in [0.25, 0.3) is 42.5 Å². The Morgan fingerprint density at radius 3 is 1.20 bits per heavy atom. The quantitative estimate of drug-likeness (QED) is 0.120. The highest BCUT2D eigenvalue weighted by Gasteiger charge is 2.16. The first-order valence-electron chi connectivity index (χ1n) is 26.9. The Bertz CT molecular complexity index is 3250. The van der Waals surface area contributed by atoms with E-state index >= 15 is 0 Å². The molecule has 0 spiro atoms. The van der Waals surface area contributed by atoms with E-state index in [9.17, 15) is 4.39 Å². The molecule has 0 amide bonds. The first-order valence-corrected chi connectivity index (χ1v) is 26.9. The van der Waals surface area contributed by atoms with E-state index in [0.717, 1.165) is 11.1 Å². The third-order valence-electron chi connectivity index (χ3n) is 13.3. The summed E-state index contributed by atoms with van der Waals surface area (Å²) in [5.41, 5.74) is 24.2. The maximum atomic E-state index is 12.3. The molecule has 0 atom stereocenters. The number of hydrogen-bond donors (Lipinski definition) is 0. The Balaban J connectivity index is 0.000000205. The maximum absolute atomic E-state index is 12.3. The topological polar surface area (TPSA) is 0 Å². The summed E-state index contributed by atoms with van der Waals surface area (Å²) in [4.78, 5) is 0. The number of halogens is 1. The van der Waals surface area contributed by atoms with Gasteiger partial charge in [0, 0.05) is 5.92 Å². The maximum Gasteiger partial charge on any atom is 0.123 e. The molecular weight excluding hydrogens is 956 g/mol. The van der Waals surface area contributed by atoms with Crippen molar-refractivity contribution in [2.45, 2.75) is 67.2 Å². The second-order valence-electron chi connectivity index (χ2n) is 19.4. The smallest absolute Gasteiger partial charge is 0.123 e. The van der Waals surface area contributed by atoms with E-state index in [1.165, 1.54) is 120 Å². The second kappa shape index (κ2) is 34.0. The molecule has 0 unspecified atom stereocenters. The summed E-state index contributed by atoms with van der Waals surface area (Å²) in [6, 6.07) is 70.0. The lowest BCUT2D eigenvalue weighted by molar-refractivity contribution is 0.627. The van der Waals surface area contributed by atoms with E-state index in [1.54, 1.807) is 18.2 Å². The molecule has 79 heavy (non-hydrogen) atoms. The molecule has 0 aromatic heterocycles. The van der Waals surface area contributed by atoms with Crippen molar-refractivity contribution in [1.82, 2.24) is 0 Å². The molecule has 9 aromatic carbocycles. The van der Waals surface area contributed by atoms with Crippen LogP contribution in [0.2, 0.25) is 0 Å². The standard InChI is InChI=1S/C21H18.C11H14.C10H10.C10H12.2C9H10.C8H7F/c1-2-17-13-15-20(16-14-17)21(18-9-5-3-6-10-18)19-11-7-4-8-12-19;1-5-11-9(3)6-8(2)7-10(11)4;1-2-8-3-4-9-5-6-10(9)7-8;1-4-10-6-5-8(2)7-9(10)3;1-3-9-6-4-5-8(2)7-9;1-3-9-7-5-4-6-8(9)2;1-2-7-4-3-5-8(9)6-7/h2-16,21H,1H2;5-7H,1H2,2-4H3;2-4,7H,1,5-6H2;4-7H,1H2,2-3H3;2*3-7H,1H2,2H3;2-6H,1H2. The normalized spacial score (nSPS) is 10.1. The third-order valence-corrected chi connectivity index (χ3v) is 13.3. The SMILES string of the molecule is C=Cc1c(C)cc(C)cc1C.C=Cc1ccc(C(c2ccccc2)c2ccccc2)cc1.C=Cc1ccc(C)cc1C.C=Cc1ccc2c(c1)CC2.C=Cc1cccc(C)c1.C=Cc1cccc(F)c1.C=Cc1ccccc1C. The van der Waals surface area contributed by atoms with Gasteiger partial charge in [0.05, 0.1) is 0 Å². The summed E-state index contributed by atoms with van der Waals surface area (Å²) < 4.78 is 12.3. The summed E-state index contributed by atoms with van der Waals surface area (Å²) in [5, 5.41) is 0. The fourth-order valence-corrected chi connectivity index (χ4v) is 8.85. The van der Waals surface area contributed by atoms with Gasteiger partial charge in [-0.05, 0) is 162 Å². The van der Waals surface area contributed by atoms with E-state index < -0.39 is 0 Å². The predicted octanol–water partition coefficient (Wildman–Crippen LogP) is 21.9. The Kier molecular flexibility index (Phi) is 26.9. The van der Waals surface area contributed by atoms with Gasteiger partial charge in [-0.15, -0.1) is 0 Å². The minimum absolute atomic E-state index is 0.215. The van der Waals surface area contributed by atoms with Gasteiger partial charge in [0.15, 0.2) is 0 Å². The average molecular weight is 1040 g/mol. The molecule has 1 aliphatic rings. The summed E-state index contributed by atoms with van der Waals surface area (Å²) >= 11 is 0. The van der Waals surface area contributed by atoms with Crippen molar-refractivity contribution in [3.63, 3.8) is 0 Å². The van der Waals surface area contributed by atoms with Gasteiger partial charge in [-0.25, -0.2) is 4.39 Å². The van der Waals surface area contributed by atoms with E-state index in [1.807, 2.05) is 60.7 Å². The van der Waals surface area contributed by atoms with Crippen molar-refractivity contribution in [3.05, 3.63) is 364 Å². The van der Waals surface area contributed by atoms with Gasteiger partial charge in [0.25, 0.3) is 0 Å². The lowest BCUT2D eigenvalue weighted by Crippen LogP contribution is -2.07. The van der Waals surface area contributed by atoms with Crippen molar-refractivity contribution in [1.29, 1.82) is 0 Å². The van der Waals surface area contributed by atoms with Crippen molar-refractivity contribution in [2.24, 2.45) is 0 Å². The van der Waals surface area contributed by atoms with Crippen molar-refractivity contribution in [3.8, 4) is 0 Å². The molecule has 400 valence electrons. The molecule has 0 radical (unpaired) electrons. The highest BCUT2D eigenvalue weighted by molar-refractivity contribution is 5.58. The molecule has 9 aromatic rings. The van der Waals surface area contributed by atoms with E-state index in [-0.39, 0.29) is 11.7 Å². The van der Waals surface area contributed by atoms with Crippen LogP contribution in [0.4, 0.5) is 4.39 Å². The van der Waals surface area contributed by atoms with Gasteiger partial charge in [0.2, 0.25) is 0 Å². The Labute approximate surface area is 475 Å². The zero-order chi connectivity index (χ0) is 57.5. The summed E-state index contributed by atoms with van der Waals surface area (Å²) in [7, 11) is 0. The zero-order valence-electron chi connectivity index (χ0n) is 48.0.